The number of aromatic nitrogens is 2. The molecule has 2 rings (SSSR count). The molecule has 0 bridgehead atoms. The van der Waals surface area contributed by atoms with Gasteiger partial charge in [-0.15, -0.1) is 0 Å². The molecule has 5 nitrogen and oxygen atoms in total. The highest BCUT2D eigenvalue weighted by Crippen LogP contribution is 2.35. The first-order valence-electron chi connectivity index (χ1n) is 7.73. The number of carbonyl (C=O) groups is 1. The monoisotopic (exact) mass is 280 g/mol. The van der Waals surface area contributed by atoms with Crippen molar-refractivity contribution >= 4 is 5.97 Å². The summed E-state index contributed by atoms with van der Waals surface area (Å²) in [6.45, 7) is 2.26. The summed E-state index contributed by atoms with van der Waals surface area (Å²) >= 11 is 0. The van der Waals surface area contributed by atoms with Crippen LogP contribution in [0.4, 0.5) is 0 Å². The molecule has 0 aliphatic heterocycles. The van der Waals surface area contributed by atoms with Crippen molar-refractivity contribution in [3.63, 3.8) is 0 Å². The number of aliphatic carboxylic acids is 1. The molecule has 1 heterocycles. The van der Waals surface area contributed by atoms with Gasteiger partial charge in [-0.25, -0.2) is 0 Å². The largest absolute Gasteiger partial charge is 0.481 e. The Labute approximate surface area is 119 Å². The molecule has 112 valence electrons. The molecule has 0 unspecified atom stereocenters. The van der Waals surface area contributed by atoms with Gasteiger partial charge in [-0.3, -0.25) is 4.79 Å². The molecule has 0 spiro atoms. The standard InChI is InChI=1S/C15H24N2O3/c1-2-11-7-9-12(10-8-11)15-16-13(20-17-15)5-3-4-6-14(18)19/h11-12H,2-10H2,1H3,(H,18,19). The molecule has 0 aromatic carbocycles. The second-order valence-electron chi connectivity index (χ2n) is 5.77. The van der Waals surface area contributed by atoms with Crippen LogP contribution in [0.15, 0.2) is 4.52 Å². The smallest absolute Gasteiger partial charge is 0.303 e. The first-order chi connectivity index (χ1) is 9.69. The van der Waals surface area contributed by atoms with Crippen molar-refractivity contribution in [2.75, 3.05) is 0 Å². The van der Waals surface area contributed by atoms with Crippen molar-refractivity contribution in [1.29, 1.82) is 0 Å². The highest BCUT2D eigenvalue weighted by Gasteiger charge is 2.24. The number of carboxylic acids is 1. The van der Waals surface area contributed by atoms with Crippen LogP contribution in [0.3, 0.4) is 0 Å². The average molecular weight is 280 g/mol. The van der Waals surface area contributed by atoms with Crippen LogP contribution < -0.4 is 0 Å². The number of nitrogens with zero attached hydrogens (tertiary/aromatic N) is 2. The van der Waals surface area contributed by atoms with E-state index in [1.807, 2.05) is 0 Å². The minimum absolute atomic E-state index is 0.210. The van der Waals surface area contributed by atoms with E-state index in [0.29, 0.717) is 24.7 Å². The maximum atomic E-state index is 10.4. The molecule has 20 heavy (non-hydrogen) atoms. The van der Waals surface area contributed by atoms with E-state index >= 15 is 0 Å². The van der Waals surface area contributed by atoms with Crippen LogP contribution >= 0.6 is 0 Å². The second-order valence-corrected chi connectivity index (χ2v) is 5.77. The van der Waals surface area contributed by atoms with E-state index in [2.05, 4.69) is 17.1 Å². The minimum Gasteiger partial charge on any atom is -0.481 e. The zero-order valence-electron chi connectivity index (χ0n) is 12.2. The molecule has 0 amide bonds. The van der Waals surface area contributed by atoms with E-state index in [9.17, 15) is 4.79 Å². The van der Waals surface area contributed by atoms with Gasteiger partial charge in [0.2, 0.25) is 5.89 Å². The number of aryl methyl sites for hydroxylation is 1. The molecule has 1 N–H and O–H groups in total. The zero-order chi connectivity index (χ0) is 14.4. The molecule has 1 aromatic rings. The van der Waals surface area contributed by atoms with E-state index in [0.717, 1.165) is 31.0 Å². The highest BCUT2D eigenvalue weighted by molar-refractivity contribution is 5.66. The number of hydrogen-bond donors (Lipinski definition) is 1. The van der Waals surface area contributed by atoms with Gasteiger partial charge in [-0.2, -0.15) is 4.98 Å². The van der Waals surface area contributed by atoms with Gasteiger partial charge in [-0.05, 0) is 44.4 Å². The maximum Gasteiger partial charge on any atom is 0.303 e. The number of hydrogen-bond acceptors (Lipinski definition) is 4. The number of unbranched alkanes of at least 4 members (excludes halogenated alkanes) is 1. The van der Waals surface area contributed by atoms with Crippen molar-refractivity contribution in [2.45, 2.75) is 70.6 Å². The van der Waals surface area contributed by atoms with Gasteiger partial charge < -0.3 is 9.63 Å². The average Bonchev–Trinajstić information content (AvgIpc) is 2.92. The molecule has 0 radical (unpaired) electrons. The minimum atomic E-state index is -0.746. The Morgan fingerprint density at radius 2 is 2.05 bits per heavy atom. The van der Waals surface area contributed by atoms with E-state index in [-0.39, 0.29) is 6.42 Å². The molecular weight excluding hydrogens is 256 g/mol. The fourth-order valence-corrected chi connectivity index (χ4v) is 2.92. The van der Waals surface area contributed by atoms with Crippen molar-refractivity contribution in [3.8, 4) is 0 Å². The Bertz CT molecular complexity index is 423. The quantitative estimate of drug-likeness (QED) is 0.773. The van der Waals surface area contributed by atoms with Crippen molar-refractivity contribution < 1.29 is 14.4 Å². The fraction of sp³-hybridized carbons (Fsp3) is 0.800. The topological polar surface area (TPSA) is 76.2 Å². The third-order valence-electron chi connectivity index (χ3n) is 4.30. The van der Waals surface area contributed by atoms with Crippen LogP contribution in [0.2, 0.25) is 0 Å². The molecule has 1 fully saturated rings. The van der Waals surface area contributed by atoms with Gasteiger partial charge >= 0.3 is 5.97 Å². The summed E-state index contributed by atoms with van der Waals surface area (Å²) in [5.41, 5.74) is 0. The first-order valence-corrected chi connectivity index (χ1v) is 7.73. The second kappa shape index (κ2) is 7.41. The summed E-state index contributed by atoms with van der Waals surface area (Å²) in [5, 5.41) is 12.7. The Kier molecular flexibility index (Phi) is 5.56. The van der Waals surface area contributed by atoms with E-state index in [4.69, 9.17) is 9.63 Å². The van der Waals surface area contributed by atoms with Crippen LogP contribution in [-0.4, -0.2) is 21.2 Å². The maximum absolute atomic E-state index is 10.4. The van der Waals surface area contributed by atoms with Crippen LogP contribution in [0, 0.1) is 5.92 Å². The lowest BCUT2D eigenvalue weighted by Crippen LogP contribution is -2.13. The SMILES string of the molecule is CCC1CCC(c2noc(CCCCC(=O)O)n2)CC1. The van der Waals surface area contributed by atoms with E-state index in [1.165, 1.54) is 19.3 Å². The van der Waals surface area contributed by atoms with Gasteiger partial charge in [0.15, 0.2) is 5.82 Å². The molecular formula is C15H24N2O3. The predicted molar refractivity (Wildman–Crippen MR) is 74.5 cm³/mol. The van der Waals surface area contributed by atoms with E-state index < -0.39 is 5.97 Å². The van der Waals surface area contributed by atoms with Crippen LogP contribution in [0.5, 0.6) is 0 Å². The van der Waals surface area contributed by atoms with Gasteiger partial charge in [-0.1, -0.05) is 18.5 Å². The predicted octanol–water partition coefficient (Wildman–Crippen LogP) is 3.55. The summed E-state index contributed by atoms with van der Waals surface area (Å²) in [7, 11) is 0. The molecule has 0 atom stereocenters. The zero-order valence-corrected chi connectivity index (χ0v) is 12.2. The van der Waals surface area contributed by atoms with Crippen molar-refractivity contribution in [2.24, 2.45) is 5.92 Å². The van der Waals surface area contributed by atoms with Crippen LogP contribution in [-0.2, 0) is 11.2 Å². The van der Waals surface area contributed by atoms with Crippen molar-refractivity contribution in [3.05, 3.63) is 11.7 Å². The van der Waals surface area contributed by atoms with Crippen molar-refractivity contribution in [1.82, 2.24) is 10.1 Å². The molecule has 1 saturated carbocycles. The Morgan fingerprint density at radius 1 is 1.30 bits per heavy atom. The Morgan fingerprint density at radius 3 is 2.70 bits per heavy atom. The number of carboxylic acid groups (broad SMARTS) is 1. The van der Waals surface area contributed by atoms with Gasteiger partial charge in [0.05, 0.1) is 0 Å². The lowest BCUT2D eigenvalue weighted by atomic mass is 9.80. The summed E-state index contributed by atoms with van der Waals surface area (Å²) < 4.78 is 5.27. The van der Waals surface area contributed by atoms with Crippen LogP contribution in [0.25, 0.3) is 0 Å². The molecule has 0 saturated heterocycles. The third kappa shape index (κ3) is 4.32. The lowest BCUT2D eigenvalue weighted by molar-refractivity contribution is -0.137. The summed E-state index contributed by atoms with van der Waals surface area (Å²) in [6.07, 6.45) is 8.48. The molecule has 1 aromatic heterocycles. The summed E-state index contributed by atoms with van der Waals surface area (Å²) in [4.78, 5) is 14.9. The lowest BCUT2D eigenvalue weighted by Gasteiger charge is -2.25. The molecule has 5 heteroatoms. The highest BCUT2D eigenvalue weighted by atomic mass is 16.5. The van der Waals surface area contributed by atoms with Gasteiger partial charge in [0.1, 0.15) is 0 Å². The molecule has 1 aliphatic rings. The fourth-order valence-electron chi connectivity index (χ4n) is 2.92. The normalized spacial score (nSPS) is 22.9. The molecule has 1 aliphatic carbocycles. The van der Waals surface area contributed by atoms with E-state index in [1.54, 1.807) is 0 Å². The van der Waals surface area contributed by atoms with Gasteiger partial charge in [0, 0.05) is 18.8 Å². The summed E-state index contributed by atoms with van der Waals surface area (Å²) in [5.74, 6) is 2.09. The number of rotatable bonds is 7. The van der Waals surface area contributed by atoms with Crippen LogP contribution in [0.1, 0.15) is 75.9 Å². The summed E-state index contributed by atoms with van der Waals surface area (Å²) in [6, 6.07) is 0. The Hall–Kier alpha value is -1.39. The first kappa shape index (κ1) is 15.0. The Balaban J connectivity index is 1.76. The van der Waals surface area contributed by atoms with Gasteiger partial charge in [0.25, 0.3) is 0 Å². The third-order valence-corrected chi connectivity index (χ3v) is 4.30.